The Labute approximate surface area is 300 Å². The van der Waals surface area contributed by atoms with Gasteiger partial charge in [-0.05, 0) is 40.5 Å². The zero-order valence-corrected chi connectivity index (χ0v) is 30.7. The molecule has 13 nitrogen and oxygen atoms in total. The first-order valence-corrected chi connectivity index (χ1v) is 16.8. The highest BCUT2D eigenvalue weighted by molar-refractivity contribution is 5.87. The number of carbonyl (C=O) groups is 4. The predicted octanol–water partition coefficient (Wildman–Crippen LogP) is 4.21. The number of pyridine rings is 1. The molecule has 4 amide bonds. The molecule has 3 aromatic rings. The van der Waals surface area contributed by atoms with Gasteiger partial charge < -0.3 is 30.5 Å². The normalized spacial score (nSPS) is 14.0. The number of amides is 4. The number of hydrogen-bond donors (Lipinski definition) is 5. The second-order valence-electron chi connectivity index (χ2n) is 14.5. The Morgan fingerprint density at radius 1 is 0.725 bits per heavy atom. The molecule has 0 aliphatic carbocycles. The molecule has 4 atom stereocenters. The number of carbonyl (C=O) groups excluding carboxylic acids is 4. The van der Waals surface area contributed by atoms with Gasteiger partial charge in [0.1, 0.15) is 12.1 Å². The van der Waals surface area contributed by atoms with E-state index in [0.29, 0.717) is 0 Å². The lowest BCUT2D eigenvalue weighted by Gasteiger charge is -2.35. The SMILES string of the molecule is COC(=O)NC(C(=O)NN(Cc1ccc(-c2ccccn2)cc1)C[C@H](O)[C@H](Cc1ccccc1)NC(=O)[C@@H](NC(=O)OC)C(C)(C)C)C(C)(C)C. The van der Waals surface area contributed by atoms with Crippen LogP contribution in [-0.2, 0) is 32.0 Å². The maximum Gasteiger partial charge on any atom is 0.407 e. The molecule has 5 N–H and O–H groups in total. The molecule has 0 aliphatic rings. The van der Waals surface area contributed by atoms with Crippen LogP contribution in [0.25, 0.3) is 11.3 Å². The highest BCUT2D eigenvalue weighted by atomic mass is 16.5. The van der Waals surface area contributed by atoms with E-state index in [1.807, 2.05) is 93.6 Å². The van der Waals surface area contributed by atoms with Crippen molar-refractivity contribution >= 4 is 24.0 Å². The third-order valence-corrected chi connectivity index (χ3v) is 8.21. The van der Waals surface area contributed by atoms with Crippen LogP contribution in [0.2, 0.25) is 0 Å². The zero-order chi connectivity index (χ0) is 37.8. The topological polar surface area (TPSA) is 171 Å². The van der Waals surface area contributed by atoms with Crippen molar-refractivity contribution in [3.63, 3.8) is 0 Å². The van der Waals surface area contributed by atoms with Gasteiger partial charge in [0, 0.05) is 24.8 Å². The molecular formula is C38H52N6O7. The number of alkyl carbamates (subject to hydrolysis) is 2. The van der Waals surface area contributed by atoms with E-state index in [0.717, 1.165) is 22.4 Å². The molecular weight excluding hydrogens is 652 g/mol. The van der Waals surface area contributed by atoms with Gasteiger partial charge in [-0.3, -0.25) is 20.0 Å². The molecule has 0 saturated heterocycles. The van der Waals surface area contributed by atoms with Crippen LogP contribution in [0.5, 0.6) is 0 Å². The number of nitrogens with one attached hydrogen (secondary N) is 4. The van der Waals surface area contributed by atoms with Gasteiger partial charge in [-0.2, -0.15) is 0 Å². The highest BCUT2D eigenvalue weighted by Crippen LogP contribution is 2.23. The van der Waals surface area contributed by atoms with E-state index in [1.54, 1.807) is 32.0 Å². The lowest BCUT2D eigenvalue weighted by Crippen LogP contribution is -2.60. The fourth-order valence-electron chi connectivity index (χ4n) is 5.38. The van der Waals surface area contributed by atoms with E-state index >= 15 is 0 Å². The molecule has 51 heavy (non-hydrogen) atoms. The summed E-state index contributed by atoms with van der Waals surface area (Å²) in [6, 6.07) is 19.8. The number of ether oxygens (including phenoxy) is 2. The van der Waals surface area contributed by atoms with Crippen LogP contribution < -0.4 is 21.4 Å². The number of benzene rings is 2. The number of methoxy groups -OCH3 is 2. The zero-order valence-electron chi connectivity index (χ0n) is 30.7. The van der Waals surface area contributed by atoms with Crippen LogP contribution in [0.15, 0.2) is 79.0 Å². The summed E-state index contributed by atoms with van der Waals surface area (Å²) < 4.78 is 9.54. The van der Waals surface area contributed by atoms with Gasteiger partial charge in [-0.25, -0.2) is 14.6 Å². The maximum atomic E-state index is 13.8. The third kappa shape index (κ3) is 12.7. The molecule has 13 heteroatoms. The van der Waals surface area contributed by atoms with E-state index in [4.69, 9.17) is 9.47 Å². The summed E-state index contributed by atoms with van der Waals surface area (Å²) in [5, 5.41) is 21.6. The molecule has 0 spiro atoms. The van der Waals surface area contributed by atoms with Crippen molar-refractivity contribution in [3.05, 3.63) is 90.1 Å². The highest BCUT2D eigenvalue weighted by Gasteiger charge is 2.37. The minimum Gasteiger partial charge on any atom is -0.453 e. The molecule has 0 fully saturated rings. The van der Waals surface area contributed by atoms with Gasteiger partial charge >= 0.3 is 12.2 Å². The Bertz CT molecular complexity index is 1570. The largest absolute Gasteiger partial charge is 0.453 e. The van der Waals surface area contributed by atoms with Crippen molar-refractivity contribution in [2.75, 3.05) is 20.8 Å². The van der Waals surface area contributed by atoms with Crippen LogP contribution in [0.4, 0.5) is 9.59 Å². The third-order valence-electron chi connectivity index (χ3n) is 8.21. The average Bonchev–Trinajstić information content (AvgIpc) is 3.08. The summed E-state index contributed by atoms with van der Waals surface area (Å²) >= 11 is 0. The van der Waals surface area contributed by atoms with Crippen LogP contribution in [0.1, 0.15) is 52.7 Å². The molecule has 2 aromatic carbocycles. The van der Waals surface area contributed by atoms with Crippen molar-refractivity contribution in [2.24, 2.45) is 10.8 Å². The Kier molecular flexibility index (Phi) is 14.5. The van der Waals surface area contributed by atoms with Gasteiger partial charge in [0.2, 0.25) is 5.91 Å². The number of hydrogen-bond acceptors (Lipinski definition) is 9. The molecule has 1 aromatic heterocycles. The molecule has 0 bridgehead atoms. The summed E-state index contributed by atoms with van der Waals surface area (Å²) in [6.45, 7) is 10.9. The van der Waals surface area contributed by atoms with Crippen molar-refractivity contribution < 1.29 is 33.8 Å². The molecule has 0 aliphatic heterocycles. The van der Waals surface area contributed by atoms with Crippen LogP contribution in [0, 0.1) is 10.8 Å². The summed E-state index contributed by atoms with van der Waals surface area (Å²) in [6.07, 6.45) is -0.778. The van der Waals surface area contributed by atoms with E-state index in [9.17, 15) is 24.3 Å². The first-order chi connectivity index (χ1) is 24.0. The summed E-state index contributed by atoms with van der Waals surface area (Å²) in [5.74, 6) is -1.03. The quantitative estimate of drug-likeness (QED) is 0.154. The van der Waals surface area contributed by atoms with Crippen LogP contribution in [0.3, 0.4) is 0 Å². The van der Waals surface area contributed by atoms with Gasteiger partial charge in [0.15, 0.2) is 0 Å². The van der Waals surface area contributed by atoms with E-state index in [-0.39, 0.29) is 19.5 Å². The first-order valence-electron chi connectivity index (χ1n) is 16.8. The molecule has 3 rings (SSSR count). The summed E-state index contributed by atoms with van der Waals surface area (Å²) in [4.78, 5) is 56.3. The monoisotopic (exact) mass is 704 g/mol. The molecule has 0 radical (unpaired) electrons. The van der Waals surface area contributed by atoms with Crippen LogP contribution in [-0.4, -0.2) is 84.1 Å². The summed E-state index contributed by atoms with van der Waals surface area (Å²) in [5.41, 5.74) is 4.88. The minimum absolute atomic E-state index is 0.120. The lowest BCUT2D eigenvalue weighted by atomic mass is 9.85. The fourth-order valence-corrected chi connectivity index (χ4v) is 5.38. The Hall–Kier alpha value is -5.01. The Morgan fingerprint density at radius 3 is 1.78 bits per heavy atom. The number of rotatable bonds is 14. The lowest BCUT2D eigenvalue weighted by molar-refractivity contribution is -0.132. The molecule has 276 valence electrons. The number of aromatic nitrogens is 1. The smallest absolute Gasteiger partial charge is 0.407 e. The number of nitrogens with zero attached hydrogens (tertiary/aromatic N) is 2. The second-order valence-corrected chi connectivity index (χ2v) is 14.5. The van der Waals surface area contributed by atoms with Crippen molar-refractivity contribution in [1.29, 1.82) is 0 Å². The fraction of sp³-hybridized carbons (Fsp3) is 0.447. The standard InChI is InChI=1S/C38H52N6O7/c1-37(2,3)31(41-35(48)50-7)33(46)40-29(22-25-14-10-9-11-15-25)30(45)24-44(43-34(47)32(38(4,5)6)42-36(49)51-8)23-26-17-19-27(20-18-26)28-16-12-13-21-39-28/h9-21,29-32,45H,22-24H2,1-8H3,(H,40,46)(H,41,48)(H,42,49)(H,43,47)/t29-,30-,31+,32?/m0/s1. The predicted molar refractivity (Wildman–Crippen MR) is 194 cm³/mol. The van der Waals surface area contributed by atoms with Crippen LogP contribution >= 0.6 is 0 Å². The van der Waals surface area contributed by atoms with Gasteiger partial charge in [-0.1, -0.05) is 102 Å². The average molecular weight is 705 g/mol. The minimum atomic E-state index is -1.22. The van der Waals surface area contributed by atoms with Gasteiger partial charge in [0.25, 0.3) is 5.91 Å². The van der Waals surface area contributed by atoms with Gasteiger partial charge in [-0.15, -0.1) is 0 Å². The number of hydrazine groups is 1. The Balaban J connectivity index is 1.96. The maximum absolute atomic E-state index is 13.8. The van der Waals surface area contributed by atoms with Gasteiger partial charge in [0.05, 0.1) is 32.1 Å². The van der Waals surface area contributed by atoms with E-state index in [2.05, 4.69) is 26.4 Å². The van der Waals surface area contributed by atoms with E-state index < -0.39 is 59.1 Å². The molecule has 0 saturated carbocycles. The summed E-state index contributed by atoms with van der Waals surface area (Å²) in [7, 11) is 2.44. The van der Waals surface area contributed by atoms with Crippen molar-refractivity contribution in [2.45, 2.75) is 78.7 Å². The molecule has 1 unspecified atom stereocenters. The van der Waals surface area contributed by atoms with Crippen molar-refractivity contribution in [1.82, 2.24) is 31.4 Å². The number of aliphatic hydroxyl groups is 1. The second kappa shape index (κ2) is 18.3. The van der Waals surface area contributed by atoms with E-state index in [1.165, 1.54) is 14.2 Å². The molecule has 1 heterocycles. The van der Waals surface area contributed by atoms with Crippen molar-refractivity contribution in [3.8, 4) is 11.3 Å². The number of aliphatic hydroxyl groups excluding tert-OH is 1. The first kappa shape index (κ1) is 40.4. The Morgan fingerprint density at radius 2 is 1.27 bits per heavy atom.